The number of nitrogens with one attached hydrogen (secondary N) is 1. The molecule has 0 aromatic heterocycles. The monoisotopic (exact) mass is 274 g/mol. The van der Waals surface area contributed by atoms with Crippen molar-refractivity contribution in [2.45, 2.75) is 25.7 Å². The highest BCUT2D eigenvalue weighted by Gasteiger charge is 2.17. The standard InChI is InChI=1S/C16H22N2O2/c19-16-15-12-14(5-4-13(15)6-7-17-16)20-11-3-10-18-8-1-2-9-18/h4-5,12H,1-3,6-11H2,(H,17,19). The molecule has 20 heavy (non-hydrogen) atoms. The molecule has 0 radical (unpaired) electrons. The number of hydrogen-bond donors (Lipinski definition) is 1. The van der Waals surface area contributed by atoms with Crippen LogP contribution in [0.5, 0.6) is 5.75 Å². The van der Waals surface area contributed by atoms with Crippen molar-refractivity contribution in [1.29, 1.82) is 0 Å². The van der Waals surface area contributed by atoms with Gasteiger partial charge in [0.1, 0.15) is 5.75 Å². The first-order chi connectivity index (χ1) is 9.83. The number of benzene rings is 1. The van der Waals surface area contributed by atoms with Crippen LogP contribution in [0.15, 0.2) is 18.2 Å². The van der Waals surface area contributed by atoms with Gasteiger partial charge in [-0.2, -0.15) is 0 Å². The van der Waals surface area contributed by atoms with E-state index in [-0.39, 0.29) is 5.91 Å². The Hall–Kier alpha value is -1.55. The maximum Gasteiger partial charge on any atom is 0.251 e. The lowest BCUT2D eigenvalue weighted by Gasteiger charge is -2.18. The number of ether oxygens (including phenoxy) is 1. The zero-order chi connectivity index (χ0) is 13.8. The number of fused-ring (bicyclic) bond motifs is 1. The highest BCUT2D eigenvalue weighted by Crippen LogP contribution is 2.20. The van der Waals surface area contributed by atoms with Crippen molar-refractivity contribution in [1.82, 2.24) is 10.2 Å². The molecule has 108 valence electrons. The first kappa shape index (κ1) is 13.4. The predicted octanol–water partition coefficient (Wildman–Crippen LogP) is 1.84. The van der Waals surface area contributed by atoms with Crippen LogP contribution in [-0.2, 0) is 6.42 Å². The van der Waals surface area contributed by atoms with E-state index in [0.717, 1.165) is 49.4 Å². The van der Waals surface area contributed by atoms with Gasteiger partial charge in [-0.1, -0.05) is 6.07 Å². The van der Waals surface area contributed by atoms with Crippen LogP contribution in [0.4, 0.5) is 0 Å². The third-order valence-electron chi connectivity index (χ3n) is 4.09. The molecule has 0 aliphatic carbocycles. The lowest BCUT2D eigenvalue weighted by atomic mass is 10.0. The zero-order valence-electron chi connectivity index (χ0n) is 11.9. The van der Waals surface area contributed by atoms with Crippen LogP contribution in [0, 0.1) is 0 Å². The van der Waals surface area contributed by atoms with Gasteiger partial charge in [-0.25, -0.2) is 0 Å². The Kier molecular flexibility index (Phi) is 4.21. The second-order valence-electron chi connectivity index (χ2n) is 5.58. The van der Waals surface area contributed by atoms with Gasteiger partial charge < -0.3 is 15.0 Å². The fourth-order valence-electron chi connectivity index (χ4n) is 2.97. The first-order valence-electron chi connectivity index (χ1n) is 7.59. The van der Waals surface area contributed by atoms with E-state index in [9.17, 15) is 4.79 Å². The third-order valence-corrected chi connectivity index (χ3v) is 4.09. The highest BCUT2D eigenvalue weighted by molar-refractivity contribution is 5.97. The maximum atomic E-state index is 11.8. The molecule has 1 saturated heterocycles. The van der Waals surface area contributed by atoms with E-state index >= 15 is 0 Å². The molecule has 4 nitrogen and oxygen atoms in total. The van der Waals surface area contributed by atoms with Gasteiger partial charge in [0.15, 0.2) is 0 Å². The summed E-state index contributed by atoms with van der Waals surface area (Å²) in [6, 6.07) is 5.87. The number of carbonyl (C=O) groups is 1. The molecular formula is C16H22N2O2. The SMILES string of the molecule is O=C1NCCc2ccc(OCCCN3CCCC3)cc21. The maximum absolute atomic E-state index is 11.8. The summed E-state index contributed by atoms with van der Waals surface area (Å²) in [6.45, 7) is 5.04. The van der Waals surface area contributed by atoms with Crippen molar-refractivity contribution in [2.24, 2.45) is 0 Å². The molecular weight excluding hydrogens is 252 g/mol. The average molecular weight is 274 g/mol. The van der Waals surface area contributed by atoms with Gasteiger partial charge in [-0.15, -0.1) is 0 Å². The van der Waals surface area contributed by atoms with E-state index in [1.807, 2.05) is 18.2 Å². The van der Waals surface area contributed by atoms with Gasteiger partial charge in [0.25, 0.3) is 5.91 Å². The second kappa shape index (κ2) is 6.27. The number of amides is 1. The lowest BCUT2D eigenvalue weighted by molar-refractivity contribution is 0.0945. The molecule has 1 amide bonds. The summed E-state index contributed by atoms with van der Waals surface area (Å²) in [6.07, 6.45) is 4.63. The van der Waals surface area contributed by atoms with E-state index in [4.69, 9.17) is 4.74 Å². The summed E-state index contributed by atoms with van der Waals surface area (Å²) in [5, 5.41) is 2.87. The van der Waals surface area contributed by atoms with Crippen LogP contribution in [0.3, 0.4) is 0 Å². The molecule has 0 bridgehead atoms. The van der Waals surface area contributed by atoms with Crippen molar-refractivity contribution in [2.75, 3.05) is 32.8 Å². The Balaban J connectivity index is 1.50. The summed E-state index contributed by atoms with van der Waals surface area (Å²) < 4.78 is 5.77. The van der Waals surface area contributed by atoms with Crippen LogP contribution in [-0.4, -0.2) is 43.6 Å². The molecule has 0 atom stereocenters. The minimum atomic E-state index is 0.0220. The minimum absolute atomic E-state index is 0.0220. The molecule has 2 aliphatic rings. The fourth-order valence-corrected chi connectivity index (χ4v) is 2.97. The summed E-state index contributed by atoms with van der Waals surface area (Å²) in [7, 11) is 0. The van der Waals surface area contributed by atoms with Crippen LogP contribution < -0.4 is 10.1 Å². The summed E-state index contributed by atoms with van der Waals surface area (Å²) in [5.41, 5.74) is 1.89. The van der Waals surface area contributed by atoms with Crippen molar-refractivity contribution in [3.63, 3.8) is 0 Å². The number of carbonyl (C=O) groups excluding carboxylic acids is 1. The predicted molar refractivity (Wildman–Crippen MR) is 78.3 cm³/mol. The van der Waals surface area contributed by atoms with Crippen molar-refractivity contribution in [3.8, 4) is 5.75 Å². The second-order valence-corrected chi connectivity index (χ2v) is 5.58. The van der Waals surface area contributed by atoms with E-state index < -0.39 is 0 Å². The van der Waals surface area contributed by atoms with Crippen LogP contribution in [0.2, 0.25) is 0 Å². The van der Waals surface area contributed by atoms with Gasteiger partial charge in [-0.3, -0.25) is 4.79 Å². The topological polar surface area (TPSA) is 41.6 Å². The molecule has 1 aromatic carbocycles. The molecule has 1 N–H and O–H groups in total. The minimum Gasteiger partial charge on any atom is -0.494 e. The van der Waals surface area contributed by atoms with Gasteiger partial charge in [0, 0.05) is 18.7 Å². The quantitative estimate of drug-likeness (QED) is 0.833. The Labute approximate surface area is 120 Å². The van der Waals surface area contributed by atoms with Gasteiger partial charge in [-0.05, 0) is 56.5 Å². The van der Waals surface area contributed by atoms with E-state index in [1.54, 1.807) is 0 Å². The van der Waals surface area contributed by atoms with Gasteiger partial charge >= 0.3 is 0 Å². The Morgan fingerprint density at radius 3 is 2.95 bits per heavy atom. The summed E-state index contributed by atoms with van der Waals surface area (Å²) >= 11 is 0. The molecule has 3 rings (SSSR count). The van der Waals surface area contributed by atoms with Crippen molar-refractivity contribution >= 4 is 5.91 Å². The largest absolute Gasteiger partial charge is 0.494 e. The molecule has 1 aromatic rings. The Bertz CT molecular complexity index is 481. The number of nitrogens with zero attached hydrogens (tertiary/aromatic N) is 1. The molecule has 0 spiro atoms. The molecule has 2 aliphatic heterocycles. The van der Waals surface area contributed by atoms with E-state index in [0.29, 0.717) is 0 Å². The van der Waals surface area contributed by atoms with Gasteiger partial charge in [0.05, 0.1) is 6.61 Å². The smallest absolute Gasteiger partial charge is 0.251 e. The first-order valence-corrected chi connectivity index (χ1v) is 7.59. The number of hydrogen-bond acceptors (Lipinski definition) is 3. The summed E-state index contributed by atoms with van der Waals surface area (Å²) in [4.78, 5) is 14.3. The van der Waals surface area contributed by atoms with Crippen LogP contribution >= 0.6 is 0 Å². The molecule has 0 saturated carbocycles. The molecule has 4 heteroatoms. The molecule has 2 heterocycles. The van der Waals surface area contributed by atoms with E-state index in [2.05, 4.69) is 10.2 Å². The average Bonchev–Trinajstić information content (AvgIpc) is 2.98. The van der Waals surface area contributed by atoms with E-state index in [1.165, 1.54) is 25.9 Å². The van der Waals surface area contributed by atoms with Crippen molar-refractivity contribution < 1.29 is 9.53 Å². The molecule has 0 unspecified atom stereocenters. The van der Waals surface area contributed by atoms with Crippen LogP contribution in [0.25, 0.3) is 0 Å². The number of rotatable bonds is 5. The normalized spacial score (nSPS) is 18.7. The lowest BCUT2D eigenvalue weighted by Crippen LogP contribution is -2.31. The Morgan fingerprint density at radius 1 is 1.25 bits per heavy atom. The Morgan fingerprint density at radius 2 is 2.10 bits per heavy atom. The van der Waals surface area contributed by atoms with Crippen molar-refractivity contribution in [3.05, 3.63) is 29.3 Å². The molecule has 1 fully saturated rings. The number of likely N-dealkylation sites (tertiary alicyclic amines) is 1. The third kappa shape index (κ3) is 3.12. The fraction of sp³-hybridized carbons (Fsp3) is 0.562. The van der Waals surface area contributed by atoms with Crippen LogP contribution in [0.1, 0.15) is 35.2 Å². The highest BCUT2D eigenvalue weighted by atomic mass is 16.5. The van der Waals surface area contributed by atoms with Gasteiger partial charge in [0.2, 0.25) is 0 Å². The zero-order valence-corrected chi connectivity index (χ0v) is 11.9. The summed E-state index contributed by atoms with van der Waals surface area (Å²) in [5.74, 6) is 0.830.